The van der Waals surface area contributed by atoms with Gasteiger partial charge in [0.15, 0.2) is 11.5 Å². The number of phenolic OH excluding ortho intramolecular Hbond substituents is 1. The first-order valence-corrected chi connectivity index (χ1v) is 8.20. The number of aliphatic hydroxyl groups is 1. The number of aliphatic hydroxyl groups excluding tert-OH is 1. The zero-order valence-electron chi connectivity index (χ0n) is 13.7. The number of methoxy groups -OCH3 is 1. The van der Waals surface area contributed by atoms with E-state index in [0.29, 0.717) is 17.2 Å². The van der Waals surface area contributed by atoms with Crippen LogP contribution >= 0.6 is 0 Å². The van der Waals surface area contributed by atoms with Crippen molar-refractivity contribution in [2.45, 2.75) is 31.8 Å². The standard InChI is InChI=1S/C20H22O4/c1-23-20-18(22)12-15-6-9-16(21)5-3-2-4-14-7-10-17(11-8-14)24-19(20)13-15/h6-13,16,21-22H,2-5H2,1H3/t16-/m1/s1. The van der Waals surface area contributed by atoms with E-state index in [1.54, 1.807) is 24.3 Å². The fourth-order valence-corrected chi connectivity index (χ4v) is 2.84. The molecule has 0 radical (unpaired) electrons. The van der Waals surface area contributed by atoms with Crippen LogP contribution in [0.2, 0.25) is 0 Å². The van der Waals surface area contributed by atoms with Gasteiger partial charge < -0.3 is 19.7 Å². The predicted octanol–water partition coefficient (Wildman–Crippen LogP) is 4.29. The first kappa shape index (κ1) is 16.4. The molecule has 2 aliphatic rings. The van der Waals surface area contributed by atoms with Crippen LogP contribution in [0.5, 0.6) is 23.0 Å². The average molecular weight is 326 g/mol. The molecule has 2 aromatic rings. The van der Waals surface area contributed by atoms with Crippen LogP contribution in [-0.4, -0.2) is 23.4 Å². The van der Waals surface area contributed by atoms with Crippen molar-refractivity contribution in [3.8, 4) is 23.0 Å². The summed E-state index contributed by atoms with van der Waals surface area (Å²) < 4.78 is 11.2. The summed E-state index contributed by atoms with van der Waals surface area (Å²) in [6.45, 7) is 0. The summed E-state index contributed by atoms with van der Waals surface area (Å²) in [6.07, 6.45) is 6.74. The minimum atomic E-state index is -0.495. The summed E-state index contributed by atoms with van der Waals surface area (Å²) in [4.78, 5) is 0. The van der Waals surface area contributed by atoms with Gasteiger partial charge in [0, 0.05) is 0 Å². The number of aryl methyl sites for hydroxylation is 1. The monoisotopic (exact) mass is 326 g/mol. The molecular weight excluding hydrogens is 304 g/mol. The maximum atomic E-state index is 10.2. The molecule has 0 saturated heterocycles. The first-order valence-electron chi connectivity index (χ1n) is 8.20. The van der Waals surface area contributed by atoms with Gasteiger partial charge in [-0.1, -0.05) is 30.7 Å². The number of phenols is 1. The number of rotatable bonds is 1. The Morgan fingerprint density at radius 3 is 2.67 bits per heavy atom. The lowest BCUT2D eigenvalue weighted by molar-refractivity contribution is 0.209. The molecule has 4 bridgehead atoms. The summed E-state index contributed by atoms with van der Waals surface area (Å²) in [7, 11) is 1.49. The van der Waals surface area contributed by atoms with E-state index in [1.165, 1.54) is 12.7 Å². The summed E-state index contributed by atoms with van der Waals surface area (Å²) in [6, 6.07) is 11.3. The third-order valence-corrected chi connectivity index (χ3v) is 4.14. The molecule has 2 N–H and O–H groups in total. The minimum Gasteiger partial charge on any atom is -0.504 e. The highest BCUT2D eigenvalue weighted by Gasteiger charge is 2.13. The fourth-order valence-electron chi connectivity index (χ4n) is 2.84. The van der Waals surface area contributed by atoms with Crippen LogP contribution < -0.4 is 9.47 Å². The van der Waals surface area contributed by atoms with Crippen LogP contribution in [0.25, 0.3) is 6.08 Å². The van der Waals surface area contributed by atoms with Crippen molar-refractivity contribution in [1.82, 2.24) is 0 Å². The third-order valence-electron chi connectivity index (χ3n) is 4.14. The molecule has 0 fully saturated rings. The number of benzene rings is 2. The molecule has 0 unspecified atom stereocenters. The number of hydrogen-bond donors (Lipinski definition) is 2. The van der Waals surface area contributed by atoms with Crippen LogP contribution in [-0.2, 0) is 6.42 Å². The Labute approximate surface area is 142 Å². The molecule has 0 saturated carbocycles. The van der Waals surface area contributed by atoms with E-state index in [1.807, 2.05) is 24.3 Å². The Hall–Kier alpha value is -2.46. The molecule has 2 aliphatic heterocycles. The van der Waals surface area contributed by atoms with Gasteiger partial charge in [0.25, 0.3) is 0 Å². The van der Waals surface area contributed by atoms with Crippen molar-refractivity contribution in [1.29, 1.82) is 0 Å². The van der Waals surface area contributed by atoms with Crippen LogP contribution in [0.4, 0.5) is 0 Å². The van der Waals surface area contributed by atoms with Crippen molar-refractivity contribution in [3.63, 3.8) is 0 Å². The van der Waals surface area contributed by atoms with E-state index >= 15 is 0 Å². The highest BCUT2D eigenvalue weighted by atomic mass is 16.5. The smallest absolute Gasteiger partial charge is 0.203 e. The first-order chi connectivity index (χ1) is 11.7. The van der Waals surface area contributed by atoms with Crippen LogP contribution in [0, 0.1) is 0 Å². The second-order valence-electron chi connectivity index (χ2n) is 5.99. The molecule has 0 aromatic heterocycles. The van der Waals surface area contributed by atoms with Gasteiger partial charge in [-0.15, -0.1) is 0 Å². The number of aromatic hydroxyl groups is 1. The zero-order valence-corrected chi connectivity index (χ0v) is 13.7. The molecule has 2 aromatic carbocycles. The molecule has 126 valence electrons. The van der Waals surface area contributed by atoms with Crippen LogP contribution in [0.3, 0.4) is 0 Å². The molecule has 4 heteroatoms. The van der Waals surface area contributed by atoms with Gasteiger partial charge in [0.05, 0.1) is 13.2 Å². The van der Waals surface area contributed by atoms with E-state index in [2.05, 4.69) is 0 Å². The highest BCUT2D eigenvalue weighted by molar-refractivity contribution is 5.62. The van der Waals surface area contributed by atoms with E-state index in [0.717, 1.165) is 31.2 Å². The third kappa shape index (κ3) is 3.89. The summed E-state index contributed by atoms with van der Waals surface area (Å²) in [5.41, 5.74) is 1.99. The van der Waals surface area contributed by atoms with Crippen molar-refractivity contribution in [2.24, 2.45) is 0 Å². The fraction of sp³-hybridized carbons (Fsp3) is 0.300. The topological polar surface area (TPSA) is 58.9 Å². The molecule has 24 heavy (non-hydrogen) atoms. The Bertz CT molecular complexity index is 719. The van der Waals surface area contributed by atoms with E-state index in [9.17, 15) is 10.2 Å². The Balaban J connectivity index is 2.02. The van der Waals surface area contributed by atoms with Gasteiger partial charge in [-0.05, 0) is 54.7 Å². The predicted molar refractivity (Wildman–Crippen MR) is 93.8 cm³/mol. The van der Waals surface area contributed by atoms with Crippen molar-refractivity contribution >= 4 is 6.08 Å². The maximum Gasteiger partial charge on any atom is 0.203 e. The van der Waals surface area contributed by atoms with Crippen molar-refractivity contribution in [3.05, 3.63) is 53.6 Å². The summed E-state index contributed by atoms with van der Waals surface area (Å²) >= 11 is 0. The average Bonchev–Trinajstić information content (AvgIpc) is 2.58. The molecule has 4 rings (SSSR count). The van der Waals surface area contributed by atoms with Gasteiger partial charge in [0.1, 0.15) is 5.75 Å². The molecule has 0 amide bonds. The quantitative estimate of drug-likeness (QED) is 0.820. The van der Waals surface area contributed by atoms with Gasteiger partial charge in [-0.25, -0.2) is 0 Å². The second-order valence-corrected chi connectivity index (χ2v) is 5.99. The maximum absolute atomic E-state index is 10.2. The Kier molecular flexibility index (Phi) is 5.06. The van der Waals surface area contributed by atoms with E-state index in [4.69, 9.17) is 9.47 Å². The lowest BCUT2D eigenvalue weighted by atomic mass is 10.0. The van der Waals surface area contributed by atoms with E-state index < -0.39 is 6.10 Å². The Morgan fingerprint density at radius 1 is 1.12 bits per heavy atom. The molecule has 0 spiro atoms. The van der Waals surface area contributed by atoms with Crippen molar-refractivity contribution in [2.75, 3.05) is 7.11 Å². The largest absolute Gasteiger partial charge is 0.504 e. The van der Waals surface area contributed by atoms with Gasteiger partial charge in [-0.2, -0.15) is 0 Å². The summed E-state index contributed by atoms with van der Waals surface area (Å²) in [5, 5.41) is 20.2. The van der Waals surface area contributed by atoms with Gasteiger partial charge in [0.2, 0.25) is 5.75 Å². The second kappa shape index (κ2) is 7.41. The molecular formula is C20H22O4. The highest BCUT2D eigenvalue weighted by Crippen LogP contribution is 2.40. The molecule has 2 heterocycles. The molecule has 4 nitrogen and oxygen atoms in total. The van der Waals surface area contributed by atoms with Crippen molar-refractivity contribution < 1.29 is 19.7 Å². The van der Waals surface area contributed by atoms with Gasteiger partial charge >= 0.3 is 0 Å². The number of ether oxygens (including phenoxy) is 2. The van der Waals surface area contributed by atoms with Gasteiger partial charge in [-0.3, -0.25) is 0 Å². The zero-order chi connectivity index (χ0) is 16.9. The van der Waals surface area contributed by atoms with E-state index in [-0.39, 0.29) is 5.75 Å². The minimum absolute atomic E-state index is 0.00470. The Morgan fingerprint density at radius 2 is 1.92 bits per heavy atom. The number of fused-ring (bicyclic) bond motifs is 7. The lowest BCUT2D eigenvalue weighted by Gasteiger charge is -2.13. The molecule has 0 aliphatic carbocycles. The molecule has 1 atom stereocenters. The normalized spacial score (nSPS) is 17.7. The van der Waals surface area contributed by atoms with Crippen LogP contribution in [0.15, 0.2) is 42.5 Å². The van der Waals surface area contributed by atoms with Crippen LogP contribution in [0.1, 0.15) is 30.4 Å². The number of hydrogen-bond acceptors (Lipinski definition) is 4. The lowest BCUT2D eigenvalue weighted by Crippen LogP contribution is -2.01. The summed E-state index contributed by atoms with van der Waals surface area (Å²) in [5.74, 6) is 1.42. The SMILES string of the molecule is COc1c(O)cc2cc1Oc1ccc(cc1)CCCC[C@@H](O)C=C2.